The van der Waals surface area contributed by atoms with Gasteiger partial charge in [0.1, 0.15) is 17.3 Å². The summed E-state index contributed by atoms with van der Waals surface area (Å²) in [5, 5.41) is 7.17. The third-order valence-corrected chi connectivity index (χ3v) is 7.98. The molecule has 1 saturated heterocycles. The van der Waals surface area contributed by atoms with Crippen LogP contribution in [0.4, 0.5) is 5.69 Å². The Labute approximate surface area is 230 Å². The van der Waals surface area contributed by atoms with Gasteiger partial charge >= 0.3 is 0 Å². The van der Waals surface area contributed by atoms with E-state index >= 15 is 0 Å². The highest BCUT2D eigenvalue weighted by Gasteiger charge is 2.58. The van der Waals surface area contributed by atoms with Crippen molar-refractivity contribution in [3.05, 3.63) is 99.0 Å². The standard InChI is InChI=1S/C30H26Cl2N2O4/c1-17-5-8-26(38-21-9-11-37-12-10-21)22(13-17)28-30(23-7-6-20(32)15-25(23)33-29(30)36)24(16-27(35)34-28)18-3-2-4-19(31)14-18/h2-8,13-16,21,28H,9-12H2,1H3,(H,33,36)(H,34,35). The van der Waals surface area contributed by atoms with Crippen molar-refractivity contribution >= 4 is 46.3 Å². The predicted octanol–water partition coefficient (Wildman–Crippen LogP) is 6.00. The van der Waals surface area contributed by atoms with Crippen LogP contribution in [0.15, 0.2) is 66.7 Å². The Morgan fingerprint density at radius 3 is 2.55 bits per heavy atom. The van der Waals surface area contributed by atoms with Gasteiger partial charge in [0.15, 0.2) is 0 Å². The van der Waals surface area contributed by atoms with Crippen LogP contribution in [0.3, 0.4) is 0 Å². The monoisotopic (exact) mass is 548 g/mol. The average Bonchev–Trinajstić information content (AvgIpc) is 3.18. The van der Waals surface area contributed by atoms with E-state index in [1.165, 1.54) is 6.08 Å². The van der Waals surface area contributed by atoms with E-state index in [1.54, 1.807) is 24.3 Å². The molecule has 6 rings (SSSR count). The fraction of sp³-hybridized carbons (Fsp3) is 0.267. The van der Waals surface area contributed by atoms with Crippen LogP contribution < -0.4 is 15.4 Å². The highest BCUT2D eigenvalue weighted by Crippen LogP contribution is 2.56. The van der Waals surface area contributed by atoms with E-state index in [-0.39, 0.29) is 17.9 Å². The van der Waals surface area contributed by atoms with Crippen LogP contribution in [0.1, 0.15) is 41.1 Å². The first-order valence-electron chi connectivity index (χ1n) is 12.6. The van der Waals surface area contributed by atoms with E-state index in [2.05, 4.69) is 10.6 Å². The normalized spacial score (nSPS) is 23.0. The zero-order valence-electron chi connectivity index (χ0n) is 20.7. The molecule has 1 spiro atoms. The number of aryl methyl sites for hydroxylation is 1. The first kappa shape index (κ1) is 25.0. The molecular formula is C30H26Cl2N2O4. The molecule has 0 aliphatic carbocycles. The number of carbonyl (C=O) groups is 2. The van der Waals surface area contributed by atoms with Gasteiger partial charge in [0.2, 0.25) is 11.8 Å². The molecule has 3 heterocycles. The van der Waals surface area contributed by atoms with Crippen molar-refractivity contribution in [3.63, 3.8) is 0 Å². The fourth-order valence-corrected chi connectivity index (χ4v) is 6.17. The molecule has 2 amide bonds. The van der Waals surface area contributed by atoms with Crippen molar-refractivity contribution in [3.8, 4) is 5.75 Å². The maximum Gasteiger partial charge on any atom is 0.244 e. The predicted molar refractivity (Wildman–Crippen MR) is 148 cm³/mol. The first-order valence-corrected chi connectivity index (χ1v) is 13.4. The maximum atomic E-state index is 14.2. The summed E-state index contributed by atoms with van der Waals surface area (Å²) in [7, 11) is 0. The molecule has 0 bridgehead atoms. The summed E-state index contributed by atoms with van der Waals surface area (Å²) in [6, 6.07) is 17.7. The molecule has 6 nitrogen and oxygen atoms in total. The van der Waals surface area contributed by atoms with E-state index in [0.717, 1.165) is 29.5 Å². The number of carbonyl (C=O) groups excluding carboxylic acids is 2. The second-order valence-corrected chi connectivity index (χ2v) is 10.8. The Hall–Kier alpha value is -3.32. The van der Waals surface area contributed by atoms with Gasteiger partial charge in [-0.3, -0.25) is 9.59 Å². The Kier molecular flexibility index (Phi) is 6.42. The van der Waals surface area contributed by atoms with Gasteiger partial charge < -0.3 is 20.1 Å². The summed E-state index contributed by atoms with van der Waals surface area (Å²) in [5.74, 6) is 0.0728. The van der Waals surface area contributed by atoms with Gasteiger partial charge in [-0.05, 0) is 54.0 Å². The van der Waals surface area contributed by atoms with Gasteiger partial charge in [0.25, 0.3) is 0 Å². The van der Waals surface area contributed by atoms with Gasteiger partial charge in [-0.15, -0.1) is 0 Å². The van der Waals surface area contributed by atoms with Crippen LogP contribution in [0, 0.1) is 6.92 Å². The Balaban J connectivity index is 1.59. The molecule has 2 unspecified atom stereocenters. The summed E-state index contributed by atoms with van der Waals surface area (Å²) in [4.78, 5) is 27.5. The quantitative estimate of drug-likeness (QED) is 0.419. The molecule has 2 atom stereocenters. The van der Waals surface area contributed by atoms with Crippen LogP contribution in [0.2, 0.25) is 10.0 Å². The van der Waals surface area contributed by atoms with Crippen molar-refractivity contribution < 1.29 is 19.1 Å². The molecule has 38 heavy (non-hydrogen) atoms. The number of nitrogens with one attached hydrogen (secondary N) is 2. The lowest BCUT2D eigenvalue weighted by molar-refractivity contribution is -0.122. The van der Waals surface area contributed by atoms with Crippen LogP contribution in [-0.4, -0.2) is 31.1 Å². The number of halogens is 2. The third kappa shape index (κ3) is 4.17. The molecule has 8 heteroatoms. The minimum atomic E-state index is -1.29. The second kappa shape index (κ2) is 9.77. The van der Waals surface area contributed by atoms with Crippen molar-refractivity contribution in [2.24, 2.45) is 0 Å². The van der Waals surface area contributed by atoms with Crippen LogP contribution >= 0.6 is 23.2 Å². The molecule has 1 fully saturated rings. The smallest absolute Gasteiger partial charge is 0.244 e. The van der Waals surface area contributed by atoms with E-state index in [0.29, 0.717) is 45.8 Å². The Morgan fingerprint density at radius 2 is 1.76 bits per heavy atom. The SMILES string of the molecule is Cc1ccc(OC2CCOCC2)c(C2NC(=O)C=C(c3cccc(Cl)c3)C23C(=O)Nc2cc(Cl)ccc23)c1. The van der Waals surface area contributed by atoms with E-state index in [9.17, 15) is 9.59 Å². The summed E-state index contributed by atoms with van der Waals surface area (Å²) >= 11 is 12.7. The minimum Gasteiger partial charge on any atom is -0.490 e. The summed E-state index contributed by atoms with van der Waals surface area (Å²) in [5.41, 5.74) is 3.01. The van der Waals surface area contributed by atoms with Crippen molar-refractivity contribution in [2.45, 2.75) is 37.3 Å². The molecule has 3 aliphatic rings. The number of anilines is 1. The molecule has 2 N–H and O–H groups in total. The first-order chi connectivity index (χ1) is 18.4. The lowest BCUT2D eigenvalue weighted by atomic mass is 9.63. The Morgan fingerprint density at radius 1 is 0.974 bits per heavy atom. The summed E-state index contributed by atoms with van der Waals surface area (Å²) in [6.07, 6.45) is 3.02. The number of benzene rings is 3. The van der Waals surface area contributed by atoms with Gasteiger partial charge in [0, 0.05) is 40.2 Å². The van der Waals surface area contributed by atoms with Gasteiger partial charge in [0.05, 0.1) is 19.3 Å². The van der Waals surface area contributed by atoms with E-state index in [1.807, 2.05) is 43.3 Å². The maximum absolute atomic E-state index is 14.2. The van der Waals surface area contributed by atoms with Crippen molar-refractivity contribution in [1.29, 1.82) is 0 Å². The number of hydrogen-bond acceptors (Lipinski definition) is 4. The number of rotatable bonds is 4. The largest absolute Gasteiger partial charge is 0.490 e. The lowest BCUT2D eigenvalue weighted by Gasteiger charge is -2.42. The zero-order chi connectivity index (χ0) is 26.4. The topological polar surface area (TPSA) is 76.7 Å². The molecule has 3 aliphatic heterocycles. The van der Waals surface area contributed by atoms with E-state index in [4.69, 9.17) is 32.7 Å². The van der Waals surface area contributed by atoms with Crippen LogP contribution in [-0.2, 0) is 19.7 Å². The third-order valence-electron chi connectivity index (χ3n) is 7.51. The van der Waals surface area contributed by atoms with E-state index < -0.39 is 11.5 Å². The van der Waals surface area contributed by atoms with Crippen molar-refractivity contribution in [2.75, 3.05) is 18.5 Å². The Bertz CT molecular complexity index is 1480. The molecular weight excluding hydrogens is 523 g/mol. The molecule has 0 saturated carbocycles. The molecule has 194 valence electrons. The molecule has 0 aromatic heterocycles. The molecule has 3 aromatic carbocycles. The number of ether oxygens (including phenoxy) is 2. The zero-order valence-corrected chi connectivity index (χ0v) is 22.2. The minimum absolute atomic E-state index is 0.0214. The number of amides is 2. The molecule has 3 aromatic rings. The van der Waals surface area contributed by atoms with Crippen molar-refractivity contribution in [1.82, 2.24) is 5.32 Å². The second-order valence-electron chi connectivity index (χ2n) is 9.93. The van der Waals surface area contributed by atoms with Crippen LogP contribution in [0.5, 0.6) is 5.75 Å². The van der Waals surface area contributed by atoms with Gasteiger partial charge in [-0.1, -0.05) is 59.1 Å². The fourth-order valence-electron chi connectivity index (χ4n) is 5.81. The van der Waals surface area contributed by atoms with Gasteiger partial charge in [-0.2, -0.15) is 0 Å². The average molecular weight is 549 g/mol. The highest BCUT2D eigenvalue weighted by atomic mass is 35.5. The summed E-state index contributed by atoms with van der Waals surface area (Å²) in [6.45, 7) is 3.25. The number of fused-ring (bicyclic) bond motifs is 2. The number of hydrogen-bond donors (Lipinski definition) is 2. The highest BCUT2D eigenvalue weighted by molar-refractivity contribution is 6.32. The lowest BCUT2D eigenvalue weighted by Crippen LogP contribution is -2.52. The van der Waals surface area contributed by atoms with Crippen LogP contribution in [0.25, 0.3) is 5.57 Å². The van der Waals surface area contributed by atoms with Gasteiger partial charge in [-0.25, -0.2) is 0 Å². The molecule has 0 radical (unpaired) electrons. The summed E-state index contributed by atoms with van der Waals surface area (Å²) < 4.78 is 12.0.